The van der Waals surface area contributed by atoms with E-state index in [1.807, 2.05) is 59.5 Å². The fourth-order valence-electron chi connectivity index (χ4n) is 5.14. The second kappa shape index (κ2) is 7.64. The maximum Gasteiger partial charge on any atom is 0.239 e. The number of piperidine rings is 1. The molecule has 1 amide bonds. The Labute approximate surface area is 187 Å². The van der Waals surface area contributed by atoms with Crippen LogP contribution in [0.2, 0.25) is 0 Å². The van der Waals surface area contributed by atoms with E-state index in [2.05, 4.69) is 0 Å². The van der Waals surface area contributed by atoms with Crippen molar-refractivity contribution >= 4 is 32.6 Å². The van der Waals surface area contributed by atoms with Crippen LogP contribution >= 0.6 is 0 Å². The third-order valence-corrected chi connectivity index (χ3v) is 7.96. The first kappa shape index (κ1) is 21.0. The molecule has 1 fully saturated rings. The fraction of sp³-hybridized carbons (Fsp3) is 0.375. The van der Waals surface area contributed by atoms with E-state index in [1.54, 1.807) is 0 Å². The van der Waals surface area contributed by atoms with Crippen LogP contribution in [-0.2, 0) is 26.7 Å². The lowest BCUT2D eigenvalue weighted by Gasteiger charge is -2.40. The van der Waals surface area contributed by atoms with E-state index in [1.165, 1.54) is 10.6 Å². The lowest BCUT2D eigenvalue weighted by Crippen LogP contribution is -2.52. The molecule has 1 unspecified atom stereocenters. The van der Waals surface area contributed by atoms with E-state index < -0.39 is 16.1 Å². The molecule has 0 radical (unpaired) electrons. The van der Waals surface area contributed by atoms with Crippen LogP contribution in [0.25, 0.3) is 11.0 Å². The fourth-order valence-corrected chi connectivity index (χ4v) is 6.14. The predicted molar refractivity (Wildman–Crippen MR) is 124 cm³/mol. The molecular formula is C24H27N3O4S. The van der Waals surface area contributed by atoms with E-state index >= 15 is 0 Å². The van der Waals surface area contributed by atoms with Crippen LogP contribution in [0.3, 0.4) is 0 Å². The number of likely N-dealkylation sites (tertiary alicyclic amines) is 1. The monoisotopic (exact) mass is 453 g/mol. The molecule has 5 rings (SSSR count). The Kier molecular flexibility index (Phi) is 5.02. The summed E-state index contributed by atoms with van der Waals surface area (Å²) in [5.74, 6) is 0.612. The lowest BCUT2D eigenvalue weighted by molar-refractivity contribution is -0.134. The van der Waals surface area contributed by atoms with Crippen LogP contribution in [0, 0.1) is 0 Å². The highest BCUT2D eigenvalue weighted by atomic mass is 32.2. The Hall–Kier alpha value is -2.84. The molecule has 2 aliphatic rings. The second-order valence-electron chi connectivity index (χ2n) is 8.95. The number of hydrogen-bond donors (Lipinski definition) is 1. The zero-order valence-corrected chi connectivity index (χ0v) is 18.8. The second-order valence-corrected chi connectivity index (χ2v) is 10.9. The summed E-state index contributed by atoms with van der Waals surface area (Å²) in [7, 11) is -3.36. The number of para-hydroxylation sites is 2. The molecule has 1 spiro atoms. The summed E-state index contributed by atoms with van der Waals surface area (Å²) in [6.07, 6.45) is 3.01. The first-order valence-corrected chi connectivity index (χ1v) is 12.7. The Morgan fingerprint density at radius 3 is 2.53 bits per heavy atom. The summed E-state index contributed by atoms with van der Waals surface area (Å²) >= 11 is 0. The summed E-state index contributed by atoms with van der Waals surface area (Å²) in [5.41, 5.74) is 8.61. The minimum atomic E-state index is -3.36. The van der Waals surface area contributed by atoms with E-state index in [0.29, 0.717) is 44.7 Å². The number of benzene rings is 2. The van der Waals surface area contributed by atoms with Crippen molar-refractivity contribution in [3.8, 4) is 0 Å². The Balaban J connectivity index is 1.28. The van der Waals surface area contributed by atoms with Gasteiger partial charge in [0, 0.05) is 36.9 Å². The van der Waals surface area contributed by atoms with Crippen molar-refractivity contribution in [1.82, 2.24) is 4.90 Å². The highest BCUT2D eigenvalue weighted by Gasteiger charge is 2.47. The number of nitrogens with two attached hydrogens (primary N) is 1. The number of nitrogens with zero attached hydrogens (tertiary/aromatic N) is 2. The molecule has 2 aromatic carbocycles. The number of anilines is 1. The van der Waals surface area contributed by atoms with Crippen molar-refractivity contribution in [2.75, 3.05) is 30.2 Å². The average molecular weight is 454 g/mol. The molecule has 1 aromatic heterocycles. The summed E-state index contributed by atoms with van der Waals surface area (Å²) in [5, 5.41) is 0.998. The number of carbonyl (C=O) groups is 1. The van der Waals surface area contributed by atoms with Crippen LogP contribution in [0.15, 0.2) is 59.0 Å². The van der Waals surface area contributed by atoms with Crippen molar-refractivity contribution in [1.29, 1.82) is 0 Å². The molecule has 1 atom stereocenters. The zero-order valence-electron chi connectivity index (χ0n) is 18.0. The predicted octanol–water partition coefficient (Wildman–Crippen LogP) is 2.64. The molecule has 0 aliphatic carbocycles. The van der Waals surface area contributed by atoms with E-state index in [4.69, 9.17) is 10.2 Å². The zero-order chi connectivity index (χ0) is 22.5. The maximum absolute atomic E-state index is 13.0. The minimum Gasteiger partial charge on any atom is -0.461 e. The topological polar surface area (TPSA) is 96.9 Å². The Morgan fingerprint density at radius 2 is 1.81 bits per heavy atom. The third kappa shape index (κ3) is 3.57. The number of carbonyl (C=O) groups excluding carboxylic acids is 1. The van der Waals surface area contributed by atoms with Gasteiger partial charge in [-0.1, -0.05) is 36.4 Å². The van der Waals surface area contributed by atoms with Gasteiger partial charge in [-0.2, -0.15) is 0 Å². The maximum atomic E-state index is 13.0. The van der Waals surface area contributed by atoms with E-state index in [0.717, 1.165) is 22.2 Å². The number of furan rings is 1. The molecule has 168 valence electrons. The third-order valence-electron chi connectivity index (χ3n) is 6.84. The molecule has 32 heavy (non-hydrogen) atoms. The average Bonchev–Trinajstić information content (AvgIpc) is 3.33. The van der Waals surface area contributed by atoms with Gasteiger partial charge in [0.25, 0.3) is 0 Å². The molecule has 2 N–H and O–H groups in total. The number of fused-ring (bicyclic) bond motifs is 3. The van der Waals surface area contributed by atoms with Crippen molar-refractivity contribution < 1.29 is 17.6 Å². The molecule has 7 nitrogen and oxygen atoms in total. The van der Waals surface area contributed by atoms with Crippen LogP contribution in [0.5, 0.6) is 0 Å². The van der Waals surface area contributed by atoms with Gasteiger partial charge in [0.15, 0.2) is 0 Å². The molecule has 3 heterocycles. The largest absolute Gasteiger partial charge is 0.461 e. The van der Waals surface area contributed by atoms with Crippen LogP contribution in [0.4, 0.5) is 5.69 Å². The highest BCUT2D eigenvalue weighted by molar-refractivity contribution is 7.92. The van der Waals surface area contributed by atoms with E-state index in [-0.39, 0.29) is 11.3 Å². The number of hydrogen-bond acceptors (Lipinski definition) is 5. The van der Waals surface area contributed by atoms with Crippen molar-refractivity contribution in [3.05, 3.63) is 65.9 Å². The molecule has 0 bridgehead atoms. The van der Waals surface area contributed by atoms with Gasteiger partial charge >= 0.3 is 0 Å². The van der Waals surface area contributed by atoms with Crippen LogP contribution in [-0.4, -0.2) is 51.2 Å². The smallest absolute Gasteiger partial charge is 0.239 e. The van der Waals surface area contributed by atoms with Crippen molar-refractivity contribution in [3.63, 3.8) is 0 Å². The molecule has 3 aromatic rings. The normalized spacial score (nSPS) is 18.8. The van der Waals surface area contributed by atoms with Crippen LogP contribution in [0.1, 0.15) is 24.2 Å². The van der Waals surface area contributed by atoms with Gasteiger partial charge < -0.3 is 15.1 Å². The van der Waals surface area contributed by atoms with Gasteiger partial charge in [0.05, 0.1) is 18.0 Å². The van der Waals surface area contributed by atoms with Gasteiger partial charge in [-0.25, -0.2) is 8.42 Å². The summed E-state index contributed by atoms with van der Waals surface area (Å²) in [6.45, 7) is 1.54. The first-order valence-electron chi connectivity index (χ1n) is 10.9. The van der Waals surface area contributed by atoms with Gasteiger partial charge in [-0.05, 0) is 36.6 Å². The van der Waals surface area contributed by atoms with Crippen molar-refractivity contribution in [2.24, 2.45) is 5.73 Å². The van der Waals surface area contributed by atoms with Gasteiger partial charge in [0.1, 0.15) is 11.3 Å². The molecule has 1 saturated heterocycles. The number of amides is 1. The number of rotatable bonds is 4. The quantitative estimate of drug-likeness (QED) is 0.655. The Morgan fingerprint density at radius 1 is 1.12 bits per heavy atom. The Bertz CT molecular complexity index is 1240. The van der Waals surface area contributed by atoms with Gasteiger partial charge in [0.2, 0.25) is 15.9 Å². The summed E-state index contributed by atoms with van der Waals surface area (Å²) in [6, 6.07) is 16.7. The lowest BCUT2D eigenvalue weighted by atomic mass is 9.74. The SMILES string of the molecule is CS(=O)(=O)N1CC2(CCN(C(=O)C(N)Cc3cc4ccccc4o3)CC2)c2ccccc21. The minimum absolute atomic E-state index is 0.0912. The highest BCUT2D eigenvalue weighted by Crippen LogP contribution is 2.47. The summed E-state index contributed by atoms with van der Waals surface area (Å²) in [4.78, 5) is 14.9. The van der Waals surface area contributed by atoms with E-state index in [9.17, 15) is 13.2 Å². The summed E-state index contributed by atoms with van der Waals surface area (Å²) < 4.78 is 32.0. The molecule has 0 saturated carbocycles. The molecular weight excluding hydrogens is 426 g/mol. The van der Waals surface area contributed by atoms with Crippen LogP contribution < -0.4 is 10.0 Å². The molecule has 2 aliphatic heterocycles. The van der Waals surface area contributed by atoms with Gasteiger partial charge in [-0.15, -0.1) is 0 Å². The van der Waals surface area contributed by atoms with Gasteiger partial charge in [-0.3, -0.25) is 9.10 Å². The first-order chi connectivity index (χ1) is 15.3. The van der Waals surface area contributed by atoms with Crippen molar-refractivity contribution in [2.45, 2.75) is 30.7 Å². The standard InChI is InChI=1S/C24H27N3O4S/c1-32(29,30)27-16-24(19-7-3-4-8-21(19)27)10-12-26(13-11-24)23(28)20(25)15-18-14-17-6-2-5-9-22(17)31-18/h2-9,14,20H,10-13,15-16,25H2,1H3. The number of sulfonamides is 1. The molecule has 8 heteroatoms.